The average molecular weight is 126 g/mol. The van der Waals surface area contributed by atoms with E-state index in [4.69, 9.17) is 0 Å². The van der Waals surface area contributed by atoms with Gasteiger partial charge in [0, 0.05) is 12.2 Å². The lowest BCUT2D eigenvalue weighted by Crippen LogP contribution is -2.19. The minimum absolute atomic E-state index is 0.410. The molecular weight excluding hydrogens is 117 g/mol. The van der Waals surface area contributed by atoms with E-state index in [9.17, 15) is 4.39 Å². The van der Waals surface area contributed by atoms with Gasteiger partial charge in [-0.2, -0.15) is 0 Å². The molecule has 0 aromatic heterocycles. The topological polar surface area (TPSA) is 12.0 Å². The maximum Gasteiger partial charge on any atom is 0.129 e. The van der Waals surface area contributed by atoms with Gasteiger partial charge in [0.25, 0.3) is 0 Å². The molecule has 1 rings (SSSR count). The van der Waals surface area contributed by atoms with Crippen molar-refractivity contribution in [2.45, 2.75) is 6.92 Å². The molecule has 49 valence electrons. The largest absolute Gasteiger partial charge is 0.382 e. The van der Waals surface area contributed by atoms with Crippen molar-refractivity contribution in [3.63, 3.8) is 0 Å². The van der Waals surface area contributed by atoms with Crippen LogP contribution < -0.4 is 5.32 Å². The average Bonchev–Trinajstić information content (AvgIpc) is 1.89. The molecule has 1 aliphatic heterocycles. The summed E-state index contributed by atoms with van der Waals surface area (Å²) in [5.74, 6) is 0. The monoisotopic (exact) mass is 126 g/mol. The van der Waals surface area contributed by atoms with Crippen molar-refractivity contribution in [3.8, 4) is 0 Å². The zero-order valence-electron chi connectivity index (χ0n) is 5.37. The molecule has 1 heterocycles. The summed E-state index contributed by atoms with van der Waals surface area (Å²) in [6, 6.07) is 0. The van der Waals surface area contributed by atoms with Gasteiger partial charge in [0.05, 0.1) is 0 Å². The third-order valence-corrected chi connectivity index (χ3v) is 1.32. The van der Waals surface area contributed by atoms with E-state index in [-0.39, 0.29) is 0 Å². The SMILES string of the molecule is CC1=C(CF)NCC=[C]1. The van der Waals surface area contributed by atoms with E-state index >= 15 is 0 Å². The number of allylic oxidation sites excluding steroid dienone is 3. The maximum absolute atomic E-state index is 12.0. The van der Waals surface area contributed by atoms with Crippen molar-refractivity contribution >= 4 is 0 Å². The third kappa shape index (κ3) is 1.31. The van der Waals surface area contributed by atoms with E-state index in [0.29, 0.717) is 12.2 Å². The van der Waals surface area contributed by atoms with Gasteiger partial charge in [-0.1, -0.05) is 6.08 Å². The molecule has 0 aromatic carbocycles. The lowest BCUT2D eigenvalue weighted by molar-refractivity contribution is 0.517. The molecule has 0 aliphatic carbocycles. The van der Waals surface area contributed by atoms with Gasteiger partial charge in [0.15, 0.2) is 0 Å². The van der Waals surface area contributed by atoms with Gasteiger partial charge in [-0.3, -0.25) is 0 Å². The fourth-order valence-electron chi connectivity index (χ4n) is 0.746. The summed E-state index contributed by atoms with van der Waals surface area (Å²) in [5, 5.41) is 2.91. The van der Waals surface area contributed by atoms with Gasteiger partial charge in [-0.25, -0.2) is 4.39 Å². The quantitative estimate of drug-likeness (QED) is 0.556. The normalized spacial score (nSPS) is 18.0. The fraction of sp³-hybridized carbons (Fsp3) is 0.429. The molecule has 0 amide bonds. The fourth-order valence-corrected chi connectivity index (χ4v) is 0.746. The number of nitrogens with one attached hydrogen (secondary N) is 1. The molecule has 0 aromatic rings. The second-order valence-corrected chi connectivity index (χ2v) is 1.97. The molecule has 0 saturated heterocycles. The minimum atomic E-state index is -0.410. The lowest BCUT2D eigenvalue weighted by Gasteiger charge is -2.10. The van der Waals surface area contributed by atoms with Crippen LogP contribution in [0.3, 0.4) is 0 Å². The van der Waals surface area contributed by atoms with Gasteiger partial charge in [0.1, 0.15) is 6.67 Å². The van der Waals surface area contributed by atoms with E-state index in [1.807, 2.05) is 13.0 Å². The first-order valence-corrected chi connectivity index (χ1v) is 2.92. The van der Waals surface area contributed by atoms with E-state index < -0.39 is 6.67 Å². The first-order chi connectivity index (χ1) is 4.34. The van der Waals surface area contributed by atoms with Crippen molar-refractivity contribution in [2.24, 2.45) is 0 Å². The van der Waals surface area contributed by atoms with Crippen molar-refractivity contribution in [1.82, 2.24) is 5.32 Å². The number of halogens is 1. The number of rotatable bonds is 1. The van der Waals surface area contributed by atoms with Crippen LogP contribution in [-0.2, 0) is 0 Å². The number of dihydropyridines is 1. The summed E-state index contributed by atoms with van der Waals surface area (Å²) in [6.45, 7) is 2.14. The van der Waals surface area contributed by atoms with E-state index in [2.05, 4.69) is 11.4 Å². The van der Waals surface area contributed by atoms with E-state index in [1.165, 1.54) is 0 Å². The Kier molecular flexibility index (Phi) is 1.88. The highest BCUT2D eigenvalue weighted by Gasteiger charge is 2.01. The van der Waals surface area contributed by atoms with Gasteiger partial charge < -0.3 is 5.32 Å². The Morgan fingerprint density at radius 2 is 2.67 bits per heavy atom. The Morgan fingerprint density at radius 3 is 3.11 bits per heavy atom. The summed E-state index contributed by atoms with van der Waals surface area (Å²) in [4.78, 5) is 0. The smallest absolute Gasteiger partial charge is 0.129 e. The number of hydrogen-bond donors (Lipinski definition) is 1. The molecule has 2 heteroatoms. The van der Waals surface area contributed by atoms with Crippen molar-refractivity contribution in [1.29, 1.82) is 0 Å². The molecule has 0 bridgehead atoms. The summed E-state index contributed by atoms with van der Waals surface area (Å²) in [6.07, 6.45) is 4.79. The van der Waals surface area contributed by atoms with Crippen LogP contribution in [0.15, 0.2) is 17.3 Å². The van der Waals surface area contributed by atoms with Crippen LogP contribution in [0.5, 0.6) is 0 Å². The lowest BCUT2D eigenvalue weighted by atomic mass is 10.2. The van der Waals surface area contributed by atoms with Crippen LogP contribution >= 0.6 is 0 Å². The maximum atomic E-state index is 12.0. The molecule has 0 unspecified atom stereocenters. The Labute approximate surface area is 54.3 Å². The summed E-state index contributed by atoms with van der Waals surface area (Å²) in [7, 11) is 0. The molecule has 1 radical (unpaired) electrons. The van der Waals surface area contributed by atoms with Crippen molar-refractivity contribution < 1.29 is 4.39 Å². The van der Waals surface area contributed by atoms with Gasteiger partial charge in [-0.05, 0) is 18.6 Å². The first-order valence-electron chi connectivity index (χ1n) is 2.92. The Balaban J connectivity index is 2.72. The highest BCUT2D eigenvalue weighted by atomic mass is 19.1. The van der Waals surface area contributed by atoms with Crippen molar-refractivity contribution in [3.05, 3.63) is 23.4 Å². The predicted molar refractivity (Wildman–Crippen MR) is 34.5 cm³/mol. The van der Waals surface area contributed by atoms with E-state index in [1.54, 1.807) is 0 Å². The molecule has 0 spiro atoms. The van der Waals surface area contributed by atoms with Crippen LogP contribution in [0.4, 0.5) is 4.39 Å². The second-order valence-electron chi connectivity index (χ2n) is 1.97. The van der Waals surface area contributed by atoms with Crippen molar-refractivity contribution in [2.75, 3.05) is 13.2 Å². The number of hydrogen-bond acceptors (Lipinski definition) is 1. The van der Waals surface area contributed by atoms with Crippen LogP contribution in [0.1, 0.15) is 6.92 Å². The molecule has 0 atom stereocenters. The molecule has 0 saturated carbocycles. The molecular formula is C7H9FN. The molecule has 9 heavy (non-hydrogen) atoms. The molecule has 1 nitrogen and oxygen atoms in total. The Bertz CT molecular complexity index is 158. The third-order valence-electron chi connectivity index (χ3n) is 1.32. The summed E-state index contributed by atoms with van der Waals surface area (Å²) >= 11 is 0. The van der Waals surface area contributed by atoms with E-state index in [0.717, 1.165) is 5.57 Å². The minimum Gasteiger partial charge on any atom is -0.382 e. The Hall–Kier alpha value is -0.790. The number of alkyl halides is 1. The highest BCUT2D eigenvalue weighted by Crippen LogP contribution is 2.05. The van der Waals surface area contributed by atoms with Gasteiger partial charge >= 0.3 is 0 Å². The first kappa shape index (κ1) is 6.33. The molecule has 1 N–H and O–H groups in total. The highest BCUT2D eigenvalue weighted by molar-refractivity contribution is 5.22. The van der Waals surface area contributed by atoms with Crippen LogP contribution in [0.25, 0.3) is 0 Å². The zero-order valence-corrected chi connectivity index (χ0v) is 5.37. The Morgan fingerprint density at radius 1 is 1.89 bits per heavy atom. The predicted octanol–water partition coefficient (Wildman–Crippen LogP) is 1.19. The summed E-state index contributed by atoms with van der Waals surface area (Å²) in [5.41, 5.74) is 1.54. The van der Waals surface area contributed by atoms with Crippen LogP contribution in [0.2, 0.25) is 0 Å². The standard InChI is InChI=1S/C7H9FN/c1-6-3-2-4-9-7(6)5-8/h2,9H,4-5H2,1H3. The van der Waals surface area contributed by atoms with Gasteiger partial charge in [0.2, 0.25) is 0 Å². The van der Waals surface area contributed by atoms with Crippen LogP contribution in [0, 0.1) is 6.08 Å². The summed E-state index contributed by atoms with van der Waals surface area (Å²) < 4.78 is 12.0. The second kappa shape index (κ2) is 2.67. The van der Waals surface area contributed by atoms with Gasteiger partial charge in [-0.15, -0.1) is 0 Å². The molecule has 1 aliphatic rings. The molecule has 0 fully saturated rings. The van der Waals surface area contributed by atoms with Crippen LogP contribution in [-0.4, -0.2) is 13.2 Å². The zero-order chi connectivity index (χ0) is 6.69.